The Balaban J connectivity index is 1.69. The van der Waals surface area contributed by atoms with Crippen molar-refractivity contribution < 1.29 is 13.9 Å². The van der Waals surface area contributed by atoms with Crippen LogP contribution in [0.4, 0.5) is 4.39 Å². The Hall–Kier alpha value is -2.33. The first-order valence-electron chi connectivity index (χ1n) is 8.49. The van der Waals surface area contributed by atoms with Crippen molar-refractivity contribution in [2.75, 3.05) is 6.61 Å². The fourth-order valence-electron chi connectivity index (χ4n) is 3.36. The average Bonchev–Trinajstić information content (AvgIpc) is 2.90. The molecule has 26 heavy (non-hydrogen) atoms. The van der Waals surface area contributed by atoms with Gasteiger partial charge >= 0.3 is 0 Å². The highest BCUT2D eigenvalue weighted by atomic mass is 35.5. The van der Waals surface area contributed by atoms with Gasteiger partial charge in [-0.1, -0.05) is 42.4 Å². The lowest BCUT2D eigenvalue weighted by molar-refractivity contribution is -0.128. The molecule has 0 aliphatic carbocycles. The normalized spacial score (nSPS) is 22.1. The number of hydrogen-bond donors (Lipinski definition) is 1. The van der Waals surface area contributed by atoms with Crippen molar-refractivity contribution in [1.29, 1.82) is 0 Å². The predicted molar refractivity (Wildman–Crippen MR) is 101 cm³/mol. The van der Waals surface area contributed by atoms with E-state index < -0.39 is 5.41 Å². The molecular weight excluding hydrogens is 353 g/mol. The molecule has 2 atom stereocenters. The Morgan fingerprint density at radius 3 is 2.77 bits per heavy atom. The summed E-state index contributed by atoms with van der Waals surface area (Å²) in [6.45, 7) is 5.75. The van der Waals surface area contributed by atoms with Gasteiger partial charge in [0.15, 0.2) is 0 Å². The van der Waals surface area contributed by atoms with Crippen LogP contribution in [0.15, 0.2) is 55.3 Å². The smallest absolute Gasteiger partial charge is 0.229 e. The Morgan fingerprint density at radius 1 is 1.35 bits per heavy atom. The minimum Gasteiger partial charge on any atom is -0.501 e. The minimum atomic E-state index is -0.539. The summed E-state index contributed by atoms with van der Waals surface area (Å²) in [5.74, 6) is -0.301. The van der Waals surface area contributed by atoms with Crippen molar-refractivity contribution in [3.63, 3.8) is 0 Å². The second-order valence-corrected chi connectivity index (χ2v) is 7.37. The van der Waals surface area contributed by atoms with E-state index in [4.69, 9.17) is 16.3 Å². The largest absolute Gasteiger partial charge is 0.501 e. The summed E-state index contributed by atoms with van der Waals surface area (Å²) >= 11 is 5.96. The molecule has 1 unspecified atom stereocenters. The van der Waals surface area contributed by atoms with Gasteiger partial charge in [-0.3, -0.25) is 4.79 Å². The number of halogens is 2. The summed E-state index contributed by atoms with van der Waals surface area (Å²) in [4.78, 5) is 12.2. The second kappa shape index (κ2) is 7.50. The van der Waals surface area contributed by atoms with Crippen molar-refractivity contribution in [1.82, 2.24) is 5.32 Å². The molecule has 0 bridgehead atoms. The second-order valence-electron chi connectivity index (χ2n) is 6.94. The van der Waals surface area contributed by atoms with Gasteiger partial charge in [-0.25, -0.2) is 4.39 Å². The van der Waals surface area contributed by atoms with Crippen molar-refractivity contribution in [2.24, 2.45) is 5.41 Å². The molecule has 5 heteroatoms. The topological polar surface area (TPSA) is 38.3 Å². The molecule has 1 saturated heterocycles. The van der Waals surface area contributed by atoms with Crippen LogP contribution in [0.5, 0.6) is 0 Å². The van der Waals surface area contributed by atoms with Crippen LogP contribution in [0.2, 0.25) is 5.02 Å². The van der Waals surface area contributed by atoms with Gasteiger partial charge in [0, 0.05) is 16.6 Å². The van der Waals surface area contributed by atoms with E-state index in [0.29, 0.717) is 30.0 Å². The Kier molecular flexibility index (Phi) is 5.33. The van der Waals surface area contributed by atoms with Gasteiger partial charge in [-0.2, -0.15) is 0 Å². The Labute approximate surface area is 157 Å². The van der Waals surface area contributed by atoms with Gasteiger partial charge in [0.25, 0.3) is 0 Å². The van der Waals surface area contributed by atoms with Crippen molar-refractivity contribution in [2.45, 2.75) is 25.8 Å². The summed E-state index contributed by atoms with van der Waals surface area (Å²) in [5.41, 5.74) is 1.79. The molecule has 1 heterocycles. The van der Waals surface area contributed by atoms with Gasteiger partial charge in [0.1, 0.15) is 12.4 Å². The lowest BCUT2D eigenvalue weighted by atomic mass is 9.86. The minimum absolute atomic E-state index is 0.00182. The van der Waals surface area contributed by atoms with Gasteiger partial charge < -0.3 is 10.1 Å². The zero-order valence-electron chi connectivity index (χ0n) is 14.6. The van der Waals surface area contributed by atoms with Crippen molar-refractivity contribution in [3.05, 3.63) is 71.7 Å². The van der Waals surface area contributed by atoms with E-state index in [9.17, 15) is 9.18 Å². The summed E-state index contributed by atoms with van der Waals surface area (Å²) < 4.78 is 19.2. The number of carbonyl (C=O) groups excluding carboxylic acids is 1. The Bertz CT molecular complexity index is 821. The van der Waals surface area contributed by atoms with Crippen LogP contribution in [0.3, 0.4) is 0 Å². The van der Waals surface area contributed by atoms with Crippen LogP contribution in [-0.4, -0.2) is 18.6 Å². The quantitative estimate of drug-likeness (QED) is 0.742. The van der Waals surface area contributed by atoms with E-state index in [1.54, 1.807) is 6.07 Å². The number of ether oxygens (including phenoxy) is 1. The number of benzene rings is 2. The maximum absolute atomic E-state index is 14.0. The zero-order valence-corrected chi connectivity index (χ0v) is 15.4. The van der Waals surface area contributed by atoms with Crippen LogP contribution < -0.4 is 5.32 Å². The molecule has 0 radical (unpaired) electrons. The van der Waals surface area contributed by atoms with Crippen molar-refractivity contribution in [3.8, 4) is 11.1 Å². The molecule has 0 aromatic heterocycles. The highest BCUT2D eigenvalue weighted by Crippen LogP contribution is 2.32. The van der Waals surface area contributed by atoms with Crippen molar-refractivity contribution >= 4 is 17.5 Å². The van der Waals surface area contributed by atoms with Crippen LogP contribution in [0.1, 0.15) is 18.9 Å². The van der Waals surface area contributed by atoms with Gasteiger partial charge in [0.2, 0.25) is 5.91 Å². The van der Waals surface area contributed by atoms with Crippen LogP contribution >= 0.6 is 11.6 Å². The predicted octanol–water partition coefficient (Wildman–Crippen LogP) is 4.74. The first kappa shape index (κ1) is 18.5. The van der Waals surface area contributed by atoms with E-state index in [1.165, 1.54) is 18.4 Å². The molecule has 136 valence electrons. The highest BCUT2D eigenvalue weighted by molar-refractivity contribution is 6.30. The molecule has 2 aromatic rings. The standard InChI is InChI=1S/C21H21ClFNO2/c1-3-26-13-21(2)12-17(24-20(21)25)10-14-4-6-15(7-5-14)18-11-16(22)8-9-19(18)23/h3-9,11,17H,1,10,12-13H2,2H3,(H,24,25)/t17-,21?/m1/s1. The molecule has 1 amide bonds. The number of nitrogens with one attached hydrogen (secondary N) is 1. The van der Waals surface area contributed by atoms with E-state index >= 15 is 0 Å². The van der Waals surface area contributed by atoms with E-state index in [2.05, 4.69) is 11.9 Å². The zero-order chi connectivity index (χ0) is 18.7. The molecule has 1 aliphatic heterocycles. The lowest BCUT2D eigenvalue weighted by Gasteiger charge is -2.19. The third-order valence-electron chi connectivity index (χ3n) is 4.78. The van der Waals surface area contributed by atoms with Gasteiger partial charge in [-0.15, -0.1) is 0 Å². The fourth-order valence-corrected chi connectivity index (χ4v) is 3.53. The average molecular weight is 374 g/mol. The van der Waals surface area contributed by atoms with E-state index in [0.717, 1.165) is 11.1 Å². The first-order valence-corrected chi connectivity index (χ1v) is 8.87. The third-order valence-corrected chi connectivity index (χ3v) is 5.01. The number of hydrogen-bond acceptors (Lipinski definition) is 2. The molecule has 3 nitrogen and oxygen atoms in total. The summed E-state index contributed by atoms with van der Waals surface area (Å²) in [6, 6.07) is 12.2. The van der Waals surface area contributed by atoms with Gasteiger partial charge in [0.05, 0.1) is 11.7 Å². The van der Waals surface area contributed by atoms with E-state index in [-0.39, 0.29) is 17.8 Å². The molecule has 1 N–H and O–H groups in total. The highest BCUT2D eigenvalue weighted by Gasteiger charge is 2.43. The molecule has 0 saturated carbocycles. The molecule has 0 spiro atoms. The fraction of sp³-hybridized carbons (Fsp3) is 0.286. The SMILES string of the molecule is C=COCC1(C)C[C@@H](Cc2ccc(-c3cc(Cl)ccc3F)cc2)NC1=O. The summed E-state index contributed by atoms with van der Waals surface area (Å²) in [5, 5.41) is 3.53. The number of carbonyl (C=O) groups is 1. The number of rotatable bonds is 6. The first-order chi connectivity index (χ1) is 12.4. The number of amides is 1. The molecular formula is C21H21ClFNO2. The van der Waals surface area contributed by atoms with E-state index in [1.807, 2.05) is 31.2 Å². The van der Waals surface area contributed by atoms with Crippen LogP contribution in [-0.2, 0) is 16.0 Å². The Morgan fingerprint density at radius 2 is 2.08 bits per heavy atom. The lowest BCUT2D eigenvalue weighted by Crippen LogP contribution is -2.33. The van der Waals surface area contributed by atoms with Crippen LogP contribution in [0, 0.1) is 11.2 Å². The molecule has 3 rings (SSSR count). The summed E-state index contributed by atoms with van der Waals surface area (Å²) in [7, 11) is 0. The maximum atomic E-state index is 14.0. The monoisotopic (exact) mass is 373 g/mol. The maximum Gasteiger partial charge on any atom is 0.229 e. The molecule has 2 aromatic carbocycles. The molecule has 1 aliphatic rings. The summed E-state index contributed by atoms with van der Waals surface area (Å²) in [6.07, 6.45) is 2.78. The third kappa shape index (κ3) is 3.91. The molecule has 1 fully saturated rings. The van der Waals surface area contributed by atoms with Crippen LogP contribution in [0.25, 0.3) is 11.1 Å². The van der Waals surface area contributed by atoms with Gasteiger partial charge in [-0.05, 0) is 49.1 Å².